The molecule has 1 aliphatic rings. The van der Waals surface area contributed by atoms with Crippen LogP contribution in [0.1, 0.15) is 42.6 Å². The molecule has 4 nitrogen and oxygen atoms in total. The third-order valence-corrected chi connectivity index (χ3v) is 3.80. The number of pyridine rings is 1. The summed E-state index contributed by atoms with van der Waals surface area (Å²) < 4.78 is 0. The van der Waals surface area contributed by atoms with Gasteiger partial charge < -0.3 is 10.0 Å². The van der Waals surface area contributed by atoms with E-state index in [1.54, 1.807) is 0 Å². The summed E-state index contributed by atoms with van der Waals surface area (Å²) in [5.74, 6) is 0. The number of aliphatic hydroxyl groups is 1. The second kappa shape index (κ2) is 6.03. The van der Waals surface area contributed by atoms with Gasteiger partial charge in [-0.05, 0) is 45.6 Å². The van der Waals surface area contributed by atoms with E-state index >= 15 is 0 Å². The summed E-state index contributed by atoms with van der Waals surface area (Å²) in [6.07, 6.45) is 4.35. The number of aromatic nitrogens is 1. The standard InChI is InChI=1S/C15H21N3O/c1-11-9-15(14(10-16)12(2)17-11)18(7-4-8-19)13-5-3-6-13/h9,13,19H,3-8H2,1-2H3. The van der Waals surface area contributed by atoms with Crippen LogP contribution in [0.2, 0.25) is 0 Å². The fourth-order valence-electron chi connectivity index (χ4n) is 2.61. The molecule has 0 amide bonds. The Labute approximate surface area is 114 Å². The maximum absolute atomic E-state index is 9.37. The van der Waals surface area contributed by atoms with Gasteiger partial charge in [0.25, 0.3) is 0 Å². The number of nitriles is 1. The van der Waals surface area contributed by atoms with Crippen LogP contribution in [-0.2, 0) is 0 Å². The number of nitrogens with zero attached hydrogens (tertiary/aromatic N) is 3. The molecule has 1 aliphatic carbocycles. The highest BCUT2D eigenvalue weighted by molar-refractivity contribution is 5.62. The van der Waals surface area contributed by atoms with E-state index < -0.39 is 0 Å². The van der Waals surface area contributed by atoms with Crippen LogP contribution in [-0.4, -0.2) is 29.3 Å². The summed E-state index contributed by atoms with van der Waals surface area (Å²) in [6, 6.07) is 4.80. The number of aliphatic hydroxyl groups excluding tert-OH is 1. The Morgan fingerprint density at radius 1 is 1.47 bits per heavy atom. The number of hydrogen-bond acceptors (Lipinski definition) is 4. The zero-order valence-corrected chi connectivity index (χ0v) is 11.7. The van der Waals surface area contributed by atoms with Gasteiger partial charge in [0.2, 0.25) is 0 Å². The number of hydrogen-bond donors (Lipinski definition) is 1. The van der Waals surface area contributed by atoms with Gasteiger partial charge in [0, 0.05) is 24.9 Å². The number of aryl methyl sites for hydroxylation is 2. The van der Waals surface area contributed by atoms with E-state index in [0.717, 1.165) is 30.0 Å². The topological polar surface area (TPSA) is 60.1 Å². The Kier molecular flexibility index (Phi) is 4.39. The highest BCUT2D eigenvalue weighted by atomic mass is 16.3. The molecule has 4 heteroatoms. The van der Waals surface area contributed by atoms with Crippen molar-refractivity contribution in [1.29, 1.82) is 5.26 Å². The van der Waals surface area contributed by atoms with Crippen molar-refractivity contribution in [3.8, 4) is 6.07 Å². The lowest BCUT2D eigenvalue weighted by molar-refractivity contribution is 0.283. The molecule has 1 heterocycles. The molecule has 0 atom stereocenters. The lowest BCUT2D eigenvalue weighted by Crippen LogP contribution is -2.41. The van der Waals surface area contributed by atoms with E-state index in [-0.39, 0.29) is 6.61 Å². The fourth-order valence-corrected chi connectivity index (χ4v) is 2.61. The third-order valence-electron chi connectivity index (χ3n) is 3.80. The van der Waals surface area contributed by atoms with Gasteiger partial charge in [0.15, 0.2) is 0 Å². The van der Waals surface area contributed by atoms with E-state index in [4.69, 9.17) is 5.11 Å². The van der Waals surface area contributed by atoms with Crippen molar-refractivity contribution in [2.45, 2.75) is 45.6 Å². The lowest BCUT2D eigenvalue weighted by Gasteiger charge is -2.40. The summed E-state index contributed by atoms with van der Waals surface area (Å²) in [5.41, 5.74) is 3.41. The van der Waals surface area contributed by atoms with Crippen LogP contribution in [0.4, 0.5) is 5.69 Å². The van der Waals surface area contributed by atoms with Crippen LogP contribution in [0, 0.1) is 25.2 Å². The van der Waals surface area contributed by atoms with Crippen molar-refractivity contribution in [2.24, 2.45) is 0 Å². The molecule has 0 bridgehead atoms. The molecule has 0 radical (unpaired) electrons. The average molecular weight is 259 g/mol. The Balaban J connectivity index is 2.37. The minimum absolute atomic E-state index is 0.189. The molecule has 1 aromatic rings. The number of anilines is 1. The molecular formula is C15H21N3O. The zero-order valence-electron chi connectivity index (χ0n) is 11.7. The predicted octanol–water partition coefficient (Wildman–Crippen LogP) is 2.31. The maximum Gasteiger partial charge on any atom is 0.103 e. The Morgan fingerprint density at radius 2 is 2.21 bits per heavy atom. The second-order valence-electron chi connectivity index (χ2n) is 5.21. The molecule has 2 rings (SSSR count). The fraction of sp³-hybridized carbons (Fsp3) is 0.600. The van der Waals surface area contributed by atoms with Gasteiger partial charge in [-0.2, -0.15) is 5.26 Å². The second-order valence-corrected chi connectivity index (χ2v) is 5.21. The summed E-state index contributed by atoms with van der Waals surface area (Å²) in [5, 5.41) is 18.4. The van der Waals surface area contributed by atoms with E-state index in [2.05, 4.69) is 16.0 Å². The molecule has 0 saturated heterocycles. The summed E-state index contributed by atoms with van der Waals surface area (Å²) >= 11 is 0. The van der Waals surface area contributed by atoms with Gasteiger partial charge in [0.05, 0.1) is 16.9 Å². The highest BCUT2D eigenvalue weighted by Crippen LogP contribution is 2.32. The summed E-state index contributed by atoms with van der Waals surface area (Å²) in [4.78, 5) is 6.66. The molecular weight excluding hydrogens is 238 g/mol. The molecule has 19 heavy (non-hydrogen) atoms. The Bertz CT molecular complexity index is 489. The smallest absolute Gasteiger partial charge is 0.103 e. The van der Waals surface area contributed by atoms with Crippen molar-refractivity contribution < 1.29 is 5.11 Å². The molecule has 0 spiro atoms. The van der Waals surface area contributed by atoms with Gasteiger partial charge >= 0.3 is 0 Å². The lowest BCUT2D eigenvalue weighted by atomic mass is 9.90. The van der Waals surface area contributed by atoms with Crippen molar-refractivity contribution in [3.05, 3.63) is 23.0 Å². The van der Waals surface area contributed by atoms with Crippen molar-refractivity contribution in [3.63, 3.8) is 0 Å². The molecule has 102 valence electrons. The van der Waals surface area contributed by atoms with E-state index in [1.807, 2.05) is 19.9 Å². The number of rotatable bonds is 5. The summed E-state index contributed by atoms with van der Waals surface area (Å²) in [7, 11) is 0. The minimum Gasteiger partial charge on any atom is -0.396 e. The monoisotopic (exact) mass is 259 g/mol. The molecule has 0 unspecified atom stereocenters. The predicted molar refractivity (Wildman–Crippen MR) is 75.1 cm³/mol. The minimum atomic E-state index is 0.189. The van der Waals surface area contributed by atoms with Gasteiger partial charge in [0.1, 0.15) is 6.07 Å². The van der Waals surface area contributed by atoms with E-state index in [0.29, 0.717) is 11.6 Å². The Hall–Kier alpha value is -1.60. The van der Waals surface area contributed by atoms with Crippen molar-refractivity contribution in [1.82, 2.24) is 4.98 Å². The van der Waals surface area contributed by atoms with Crippen LogP contribution < -0.4 is 4.90 Å². The first-order valence-electron chi connectivity index (χ1n) is 6.93. The molecule has 0 aliphatic heterocycles. The molecule has 1 fully saturated rings. The van der Waals surface area contributed by atoms with Crippen molar-refractivity contribution in [2.75, 3.05) is 18.1 Å². The zero-order chi connectivity index (χ0) is 13.8. The average Bonchev–Trinajstić information content (AvgIpc) is 2.31. The van der Waals surface area contributed by atoms with Gasteiger partial charge in [-0.3, -0.25) is 4.98 Å². The molecule has 0 aromatic carbocycles. The van der Waals surface area contributed by atoms with E-state index in [9.17, 15) is 5.26 Å². The van der Waals surface area contributed by atoms with Gasteiger partial charge in [-0.15, -0.1) is 0 Å². The summed E-state index contributed by atoms with van der Waals surface area (Å²) in [6.45, 7) is 4.84. The van der Waals surface area contributed by atoms with Crippen LogP contribution >= 0.6 is 0 Å². The SMILES string of the molecule is Cc1cc(N(CCCO)C2CCC2)c(C#N)c(C)n1. The first kappa shape index (κ1) is 13.8. The Morgan fingerprint density at radius 3 is 2.74 bits per heavy atom. The first-order chi connectivity index (χ1) is 9.17. The first-order valence-corrected chi connectivity index (χ1v) is 6.93. The van der Waals surface area contributed by atoms with Gasteiger partial charge in [-0.25, -0.2) is 0 Å². The molecule has 1 saturated carbocycles. The quantitative estimate of drug-likeness (QED) is 0.881. The van der Waals surface area contributed by atoms with Crippen LogP contribution in [0.3, 0.4) is 0 Å². The van der Waals surface area contributed by atoms with Crippen LogP contribution in [0.25, 0.3) is 0 Å². The maximum atomic E-state index is 9.37. The normalized spacial score (nSPS) is 14.8. The molecule has 1 aromatic heterocycles. The van der Waals surface area contributed by atoms with Crippen molar-refractivity contribution >= 4 is 5.69 Å². The van der Waals surface area contributed by atoms with Gasteiger partial charge in [-0.1, -0.05) is 0 Å². The van der Waals surface area contributed by atoms with Crippen LogP contribution in [0.15, 0.2) is 6.07 Å². The van der Waals surface area contributed by atoms with Crippen LogP contribution in [0.5, 0.6) is 0 Å². The highest BCUT2D eigenvalue weighted by Gasteiger charge is 2.27. The van der Waals surface area contributed by atoms with E-state index in [1.165, 1.54) is 19.3 Å². The largest absolute Gasteiger partial charge is 0.396 e. The molecule has 1 N–H and O–H groups in total. The third kappa shape index (κ3) is 2.87.